The van der Waals surface area contributed by atoms with E-state index in [2.05, 4.69) is 20.6 Å². The van der Waals surface area contributed by atoms with Crippen molar-refractivity contribution in [3.8, 4) is 0 Å². The fourth-order valence-corrected chi connectivity index (χ4v) is 2.20. The van der Waals surface area contributed by atoms with Crippen molar-refractivity contribution in [2.24, 2.45) is 5.16 Å². The Labute approximate surface area is 143 Å². The Balaban J connectivity index is 2.09. The number of oxime groups is 1. The number of hydrogen-bond donors (Lipinski definition) is 5. The van der Waals surface area contributed by atoms with Crippen LogP contribution >= 0.6 is 0 Å². The lowest BCUT2D eigenvalue weighted by molar-refractivity contribution is -0.126. The van der Waals surface area contributed by atoms with Gasteiger partial charge >= 0.3 is 6.09 Å². The van der Waals surface area contributed by atoms with Crippen molar-refractivity contribution < 1.29 is 34.5 Å². The molecule has 0 radical (unpaired) electrons. The van der Waals surface area contributed by atoms with Gasteiger partial charge in [0.05, 0.1) is 6.61 Å². The number of para-hydroxylation sites is 1. The van der Waals surface area contributed by atoms with Crippen molar-refractivity contribution in [1.29, 1.82) is 0 Å². The highest BCUT2D eigenvalue weighted by molar-refractivity contribution is 5.89. The van der Waals surface area contributed by atoms with E-state index in [0.717, 1.165) is 0 Å². The SMILES string of the molecule is CC(=O)N[C@H]1/C(=N\OC(=O)Nc2ccccc2)O[C@H](CO)[C@H](O)[C@@H]1O. The molecule has 0 saturated carbocycles. The van der Waals surface area contributed by atoms with Gasteiger partial charge in [0.25, 0.3) is 5.90 Å². The molecule has 10 nitrogen and oxygen atoms in total. The van der Waals surface area contributed by atoms with Gasteiger partial charge in [0.15, 0.2) is 6.10 Å². The minimum absolute atomic E-state index is 0.352. The average Bonchev–Trinajstić information content (AvgIpc) is 2.59. The molecule has 1 aromatic carbocycles. The van der Waals surface area contributed by atoms with Crippen LogP contribution in [0.2, 0.25) is 0 Å². The summed E-state index contributed by atoms with van der Waals surface area (Å²) in [5, 5.41) is 37.3. The van der Waals surface area contributed by atoms with Crippen LogP contribution in [0.3, 0.4) is 0 Å². The molecule has 1 fully saturated rings. The Morgan fingerprint density at radius 2 is 1.92 bits per heavy atom. The molecule has 0 unspecified atom stereocenters. The van der Waals surface area contributed by atoms with Gasteiger partial charge in [0.2, 0.25) is 5.91 Å². The maximum absolute atomic E-state index is 11.7. The molecule has 2 rings (SSSR count). The van der Waals surface area contributed by atoms with Crippen LogP contribution in [0.4, 0.5) is 10.5 Å². The van der Waals surface area contributed by atoms with E-state index in [4.69, 9.17) is 4.74 Å². The molecule has 0 spiro atoms. The van der Waals surface area contributed by atoms with Gasteiger partial charge in [0.1, 0.15) is 18.2 Å². The van der Waals surface area contributed by atoms with Crippen LogP contribution in [-0.2, 0) is 14.4 Å². The van der Waals surface area contributed by atoms with Gasteiger partial charge in [-0.3, -0.25) is 14.9 Å². The zero-order valence-electron chi connectivity index (χ0n) is 13.3. The lowest BCUT2D eigenvalue weighted by Gasteiger charge is -2.37. The van der Waals surface area contributed by atoms with Gasteiger partial charge in [-0.05, 0) is 17.3 Å². The van der Waals surface area contributed by atoms with Gasteiger partial charge < -0.3 is 25.4 Å². The highest BCUT2D eigenvalue weighted by Gasteiger charge is 2.44. The Morgan fingerprint density at radius 3 is 2.52 bits per heavy atom. The molecular weight excluding hydrogens is 334 g/mol. The van der Waals surface area contributed by atoms with Gasteiger partial charge in [-0.15, -0.1) is 0 Å². The number of benzene rings is 1. The van der Waals surface area contributed by atoms with Gasteiger partial charge in [-0.2, -0.15) is 0 Å². The van der Waals surface area contributed by atoms with Crippen LogP contribution in [0, 0.1) is 0 Å². The fourth-order valence-electron chi connectivity index (χ4n) is 2.20. The topological polar surface area (TPSA) is 150 Å². The molecule has 0 bridgehead atoms. The molecular formula is C15H19N3O7. The third kappa shape index (κ3) is 4.89. The fraction of sp³-hybridized carbons (Fsp3) is 0.400. The number of nitrogens with zero attached hydrogens (tertiary/aromatic N) is 1. The quantitative estimate of drug-likeness (QED) is 0.350. The molecule has 4 atom stereocenters. The van der Waals surface area contributed by atoms with Crippen molar-refractivity contribution in [2.75, 3.05) is 11.9 Å². The molecule has 1 aromatic rings. The monoisotopic (exact) mass is 353 g/mol. The normalized spacial score (nSPS) is 27.3. The van der Waals surface area contributed by atoms with E-state index in [1.807, 2.05) is 0 Å². The summed E-state index contributed by atoms with van der Waals surface area (Å²) in [5.41, 5.74) is 0.472. The van der Waals surface area contributed by atoms with Crippen LogP contribution < -0.4 is 10.6 Å². The zero-order valence-corrected chi connectivity index (χ0v) is 13.3. The van der Waals surface area contributed by atoms with Crippen LogP contribution in [0.15, 0.2) is 35.5 Å². The molecule has 1 saturated heterocycles. The number of rotatable bonds is 4. The third-order valence-corrected chi connectivity index (χ3v) is 3.39. The smallest absolute Gasteiger partial charge is 0.437 e. The molecule has 2 amide bonds. The number of carbonyl (C=O) groups excluding carboxylic acids is 2. The maximum atomic E-state index is 11.7. The van der Waals surface area contributed by atoms with Gasteiger partial charge in [-0.1, -0.05) is 18.2 Å². The predicted octanol–water partition coefficient (Wildman–Crippen LogP) is -0.834. The van der Waals surface area contributed by atoms with Crippen LogP contribution in [0.1, 0.15) is 6.92 Å². The first-order chi connectivity index (χ1) is 11.9. The minimum atomic E-state index is -1.51. The number of hydrogen-bond acceptors (Lipinski definition) is 8. The Hall–Kier alpha value is -2.69. The second-order valence-electron chi connectivity index (χ2n) is 5.30. The standard InChI is InChI=1S/C15H19N3O7/c1-8(20)16-11-13(22)12(21)10(7-19)24-14(11)18-25-15(23)17-9-5-3-2-4-6-9/h2-6,10-13,19,21-22H,7H2,1H3,(H,16,20)(H,17,23)/b18-14+/t10-,11-,12+,13-/m1/s1. The largest absolute Gasteiger partial charge is 0.468 e. The number of aliphatic hydroxyl groups excluding tert-OH is 3. The van der Waals surface area contributed by atoms with Gasteiger partial charge in [-0.25, -0.2) is 4.79 Å². The third-order valence-electron chi connectivity index (χ3n) is 3.39. The number of carbonyl (C=O) groups is 2. The van der Waals surface area contributed by atoms with E-state index >= 15 is 0 Å². The molecule has 136 valence electrons. The molecule has 1 aliphatic rings. The predicted molar refractivity (Wildman–Crippen MR) is 85.6 cm³/mol. The summed E-state index contributed by atoms with van der Waals surface area (Å²) in [6.07, 6.45) is -5.07. The molecule has 1 heterocycles. The molecule has 1 aliphatic heterocycles. The molecule has 0 aromatic heterocycles. The molecule has 0 aliphatic carbocycles. The summed E-state index contributed by atoms with van der Waals surface area (Å²) in [4.78, 5) is 27.7. The first-order valence-electron chi connectivity index (χ1n) is 7.44. The molecule has 25 heavy (non-hydrogen) atoms. The average molecular weight is 353 g/mol. The molecule has 5 N–H and O–H groups in total. The number of anilines is 1. The van der Waals surface area contributed by atoms with Crippen molar-refractivity contribution in [3.63, 3.8) is 0 Å². The van der Waals surface area contributed by atoms with Crippen molar-refractivity contribution in [3.05, 3.63) is 30.3 Å². The summed E-state index contributed by atoms with van der Waals surface area (Å²) in [7, 11) is 0. The van der Waals surface area contributed by atoms with Crippen LogP contribution in [-0.4, -0.2) is 64.2 Å². The Bertz CT molecular complexity index is 637. The summed E-state index contributed by atoms with van der Waals surface area (Å²) in [6.45, 7) is 0.581. The highest BCUT2D eigenvalue weighted by atomic mass is 16.7. The van der Waals surface area contributed by atoms with E-state index in [1.54, 1.807) is 30.3 Å². The van der Waals surface area contributed by atoms with Crippen molar-refractivity contribution in [1.82, 2.24) is 5.32 Å². The minimum Gasteiger partial charge on any atom is -0.468 e. The molecule has 10 heteroatoms. The Morgan fingerprint density at radius 1 is 1.24 bits per heavy atom. The lowest BCUT2D eigenvalue weighted by atomic mass is 9.97. The summed E-state index contributed by atoms with van der Waals surface area (Å²) < 4.78 is 5.20. The first kappa shape index (κ1) is 18.6. The number of nitrogens with one attached hydrogen (secondary N) is 2. The number of aliphatic hydroxyl groups is 3. The lowest BCUT2D eigenvalue weighted by Crippen LogP contribution is -2.62. The second kappa shape index (κ2) is 8.42. The van der Waals surface area contributed by atoms with E-state index in [-0.39, 0.29) is 5.90 Å². The number of amides is 2. The van der Waals surface area contributed by atoms with Crippen LogP contribution in [0.5, 0.6) is 0 Å². The summed E-state index contributed by atoms with van der Waals surface area (Å²) in [6, 6.07) is 7.22. The van der Waals surface area contributed by atoms with Gasteiger partial charge in [0, 0.05) is 12.6 Å². The zero-order chi connectivity index (χ0) is 18.4. The first-order valence-corrected chi connectivity index (χ1v) is 7.44. The number of ether oxygens (including phenoxy) is 1. The maximum Gasteiger partial charge on any atom is 0.437 e. The van der Waals surface area contributed by atoms with E-state index in [0.29, 0.717) is 5.69 Å². The van der Waals surface area contributed by atoms with E-state index in [1.165, 1.54) is 6.92 Å². The Kier molecular flexibility index (Phi) is 6.28. The van der Waals surface area contributed by atoms with Crippen LogP contribution in [0.25, 0.3) is 0 Å². The van der Waals surface area contributed by atoms with E-state index in [9.17, 15) is 24.9 Å². The van der Waals surface area contributed by atoms with Crippen molar-refractivity contribution in [2.45, 2.75) is 31.3 Å². The summed E-state index contributed by atoms with van der Waals surface area (Å²) >= 11 is 0. The van der Waals surface area contributed by atoms with Crippen molar-refractivity contribution >= 4 is 23.6 Å². The second-order valence-corrected chi connectivity index (χ2v) is 5.30. The van der Waals surface area contributed by atoms with E-state index < -0.39 is 43.0 Å². The highest BCUT2D eigenvalue weighted by Crippen LogP contribution is 2.18. The summed E-state index contributed by atoms with van der Waals surface area (Å²) in [5.74, 6) is -0.876.